The molecule has 0 saturated carbocycles. The van der Waals surface area contributed by atoms with Crippen LogP contribution in [0.15, 0.2) is 0 Å². The summed E-state index contributed by atoms with van der Waals surface area (Å²) in [6.07, 6.45) is 0. The van der Waals surface area contributed by atoms with Crippen molar-refractivity contribution in [3.63, 3.8) is 0 Å². The number of halogens is 3. The minimum Gasteiger partial charge on any atom is -0.303 e. The first-order chi connectivity index (χ1) is 4.56. The summed E-state index contributed by atoms with van der Waals surface area (Å²) >= 11 is 14.7. The van der Waals surface area contributed by atoms with Crippen LogP contribution >= 0.6 is 42.6 Å². The van der Waals surface area contributed by atoms with Crippen molar-refractivity contribution in [2.45, 2.75) is 3.79 Å². The molecule has 0 saturated heterocycles. The molecule has 0 rings (SSSR count). The van der Waals surface area contributed by atoms with Crippen LogP contribution in [0, 0.1) is 11.3 Å². The van der Waals surface area contributed by atoms with Crippen molar-refractivity contribution in [1.29, 1.82) is 5.26 Å². The molecule has 66 valence electrons. The molecule has 5 nitrogen and oxygen atoms in total. The Bertz CT molecular complexity index is 180. The largest absolute Gasteiger partial charge is 0.466 e. The molecule has 0 aromatic carbocycles. The highest BCUT2D eigenvalue weighted by atomic mass is 35.6. The number of rotatable bonds is 0. The molecule has 0 aliphatic heterocycles. The molecule has 0 fully saturated rings. The van der Waals surface area contributed by atoms with E-state index in [1.165, 1.54) is 6.07 Å². The van der Waals surface area contributed by atoms with Gasteiger partial charge in [0.15, 0.2) is 0 Å². The summed E-state index contributed by atoms with van der Waals surface area (Å²) in [5.41, 5.74) is 0. The summed E-state index contributed by atoms with van der Waals surface area (Å²) in [6, 6.07) is 1.40. The monoisotopic (exact) mass is 241 g/mol. The lowest BCUT2D eigenvalue weighted by Crippen LogP contribution is -1.92. The number of nitrogens with zero attached hydrogens (tertiary/aromatic N) is 1. The van der Waals surface area contributed by atoms with Gasteiger partial charge in [0.1, 0.15) is 6.07 Å². The maximum absolute atomic E-state index is 8.88. The Balaban J connectivity index is 0. The lowest BCUT2D eigenvalue weighted by Gasteiger charge is -1.90. The standard InChI is InChI=1S/C2Cl3N.H3O4P/c3-2(4,5)1-6;1-5(2,3)4/h;(H3,1,2,3,4). The van der Waals surface area contributed by atoms with Gasteiger partial charge < -0.3 is 14.7 Å². The summed E-state index contributed by atoms with van der Waals surface area (Å²) in [4.78, 5) is 21.6. The zero-order chi connectivity index (χ0) is 9.71. The molecule has 11 heavy (non-hydrogen) atoms. The zero-order valence-electron chi connectivity index (χ0n) is 4.78. The predicted octanol–water partition coefficient (Wildman–Crippen LogP) is 0.952. The summed E-state index contributed by atoms with van der Waals surface area (Å²) in [5, 5.41) is 7.76. The van der Waals surface area contributed by atoms with E-state index in [0.29, 0.717) is 0 Å². The Kier molecular flexibility index (Phi) is 6.60. The van der Waals surface area contributed by atoms with Crippen LogP contribution in [0.1, 0.15) is 0 Å². The molecular formula is C2H3Cl3NO4P. The molecule has 0 aromatic heterocycles. The average molecular weight is 242 g/mol. The lowest BCUT2D eigenvalue weighted by atomic mass is 10.9. The van der Waals surface area contributed by atoms with Crippen molar-refractivity contribution in [2.75, 3.05) is 0 Å². The molecule has 0 aliphatic carbocycles. The topological polar surface area (TPSA) is 102 Å². The second-order valence-corrected chi connectivity index (χ2v) is 4.43. The van der Waals surface area contributed by atoms with Crippen molar-refractivity contribution in [3.8, 4) is 6.07 Å². The molecule has 0 radical (unpaired) electrons. The van der Waals surface area contributed by atoms with E-state index < -0.39 is 11.6 Å². The van der Waals surface area contributed by atoms with Crippen molar-refractivity contribution in [3.05, 3.63) is 0 Å². The van der Waals surface area contributed by atoms with Crippen LogP contribution < -0.4 is 0 Å². The van der Waals surface area contributed by atoms with Gasteiger partial charge in [-0.3, -0.25) is 0 Å². The quantitative estimate of drug-likeness (QED) is 0.433. The highest BCUT2D eigenvalue weighted by Gasteiger charge is 2.16. The Morgan fingerprint density at radius 1 is 1.27 bits per heavy atom. The molecule has 0 heterocycles. The predicted molar refractivity (Wildman–Crippen MR) is 40.2 cm³/mol. The molecule has 0 bridgehead atoms. The Morgan fingerprint density at radius 2 is 1.36 bits per heavy atom. The van der Waals surface area contributed by atoms with Gasteiger partial charge in [0.2, 0.25) is 0 Å². The van der Waals surface area contributed by atoms with Crippen LogP contribution in [0.25, 0.3) is 0 Å². The van der Waals surface area contributed by atoms with E-state index in [1.807, 2.05) is 0 Å². The van der Waals surface area contributed by atoms with Gasteiger partial charge in [0.05, 0.1) is 0 Å². The maximum atomic E-state index is 8.88. The number of phosphoric acid groups is 1. The first kappa shape index (κ1) is 14.0. The van der Waals surface area contributed by atoms with Crippen LogP contribution in [0.5, 0.6) is 0 Å². The number of hydrogen-bond donors (Lipinski definition) is 3. The van der Waals surface area contributed by atoms with E-state index in [1.54, 1.807) is 0 Å². The van der Waals surface area contributed by atoms with Gasteiger partial charge in [-0.25, -0.2) is 4.57 Å². The van der Waals surface area contributed by atoms with Crippen LogP contribution in [0.4, 0.5) is 0 Å². The van der Waals surface area contributed by atoms with Crippen LogP contribution in [0.3, 0.4) is 0 Å². The minimum atomic E-state index is -4.64. The third-order valence-corrected chi connectivity index (χ3v) is 0.380. The van der Waals surface area contributed by atoms with Crippen LogP contribution in [-0.4, -0.2) is 18.5 Å². The van der Waals surface area contributed by atoms with Crippen molar-refractivity contribution in [2.24, 2.45) is 0 Å². The first-order valence-corrected chi connectivity index (χ1v) is 4.52. The maximum Gasteiger partial charge on any atom is 0.466 e. The Morgan fingerprint density at radius 3 is 1.36 bits per heavy atom. The molecule has 0 aromatic rings. The smallest absolute Gasteiger partial charge is 0.303 e. The summed E-state index contributed by atoms with van der Waals surface area (Å²) < 4.78 is 7.15. The number of alkyl halides is 3. The normalized spacial score (nSPS) is 11.0. The van der Waals surface area contributed by atoms with E-state index in [4.69, 9.17) is 59.3 Å². The van der Waals surface area contributed by atoms with Gasteiger partial charge in [0.25, 0.3) is 3.79 Å². The van der Waals surface area contributed by atoms with Gasteiger partial charge in [-0.2, -0.15) is 5.26 Å². The van der Waals surface area contributed by atoms with E-state index in [9.17, 15) is 0 Å². The molecule has 3 N–H and O–H groups in total. The fraction of sp³-hybridized carbons (Fsp3) is 0.500. The molecule has 0 aliphatic rings. The third-order valence-electron chi connectivity index (χ3n) is 0.127. The second-order valence-electron chi connectivity index (χ2n) is 1.12. The van der Waals surface area contributed by atoms with E-state index >= 15 is 0 Å². The van der Waals surface area contributed by atoms with Gasteiger partial charge in [-0.15, -0.1) is 0 Å². The van der Waals surface area contributed by atoms with Gasteiger partial charge in [0, 0.05) is 0 Å². The highest BCUT2D eigenvalue weighted by molar-refractivity contribution is 7.45. The SMILES string of the molecule is N#CC(Cl)(Cl)Cl.O=P(O)(O)O. The molecule has 9 heteroatoms. The second kappa shape index (κ2) is 5.18. The van der Waals surface area contributed by atoms with Gasteiger partial charge >= 0.3 is 7.82 Å². The molecule has 0 unspecified atom stereocenters. The third kappa shape index (κ3) is 62.4. The van der Waals surface area contributed by atoms with E-state index in [-0.39, 0.29) is 0 Å². The zero-order valence-corrected chi connectivity index (χ0v) is 7.94. The first-order valence-electron chi connectivity index (χ1n) is 1.82. The minimum absolute atomic E-state index is 1.40. The fourth-order valence-corrected chi connectivity index (χ4v) is 0. The van der Waals surface area contributed by atoms with E-state index in [0.717, 1.165) is 0 Å². The summed E-state index contributed by atoms with van der Waals surface area (Å²) in [5.74, 6) is 0. The Hall–Kier alpha value is 0.470. The van der Waals surface area contributed by atoms with Crippen molar-refractivity contribution >= 4 is 42.6 Å². The van der Waals surface area contributed by atoms with Crippen LogP contribution in [0.2, 0.25) is 0 Å². The molecule has 0 spiro atoms. The summed E-state index contributed by atoms with van der Waals surface area (Å²) in [6.45, 7) is 0. The van der Waals surface area contributed by atoms with Crippen molar-refractivity contribution < 1.29 is 19.2 Å². The molecule has 0 amide bonds. The fourth-order valence-electron chi connectivity index (χ4n) is 0. The van der Waals surface area contributed by atoms with Gasteiger partial charge in [-0.1, -0.05) is 34.8 Å². The highest BCUT2D eigenvalue weighted by Crippen LogP contribution is 2.25. The van der Waals surface area contributed by atoms with Crippen molar-refractivity contribution in [1.82, 2.24) is 0 Å². The number of nitriles is 1. The number of hydrogen-bond acceptors (Lipinski definition) is 2. The Labute approximate surface area is 77.3 Å². The molecular weight excluding hydrogens is 239 g/mol. The van der Waals surface area contributed by atoms with Crippen LogP contribution in [-0.2, 0) is 4.57 Å². The lowest BCUT2D eigenvalue weighted by molar-refractivity contribution is 0.275. The molecule has 0 atom stereocenters. The average Bonchev–Trinajstić information content (AvgIpc) is 1.59. The van der Waals surface area contributed by atoms with Gasteiger partial charge in [-0.05, 0) is 0 Å². The summed E-state index contributed by atoms with van der Waals surface area (Å²) in [7, 11) is -4.64. The van der Waals surface area contributed by atoms with E-state index in [2.05, 4.69) is 0 Å².